The molecular formula is C25H29N3O5. The summed E-state index contributed by atoms with van der Waals surface area (Å²) in [6, 6.07) is 14.3. The predicted molar refractivity (Wildman–Crippen MR) is 126 cm³/mol. The van der Waals surface area contributed by atoms with Crippen LogP contribution < -0.4 is 25.1 Å². The van der Waals surface area contributed by atoms with E-state index in [-0.39, 0.29) is 18.0 Å². The standard InChI is InChI=1S/C25H29N3O5/c1-4-31-21-14-19(15-22(32-5-2)24(21)33-6-3)25(30)26-12-13-28-17-27-20(16-23(28)29)18-10-8-7-9-11-18/h7-11,14-17H,4-6,12-13H2,1-3H3,(H,26,30). The van der Waals surface area contributed by atoms with E-state index in [1.165, 1.54) is 17.0 Å². The Morgan fingerprint density at radius 2 is 1.58 bits per heavy atom. The molecule has 0 bridgehead atoms. The van der Waals surface area contributed by atoms with Crippen LogP contribution in [0.5, 0.6) is 17.2 Å². The lowest BCUT2D eigenvalue weighted by Gasteiger charge is -2.17. The van der Waals surface area contributed by atoms with Gasteiger partial charge < -0.3 is 19.5 Å². The van der Waals surface area contributed by atoms with Crippen molar-refractivity contribution >= 4 is 5.91 Å². The molecule has 1 heterocycles. The van der Waals surface area contributed by atoms with Crippen LogP contribution in [0.4, 0.5) is 0 Å². The fourth-order valence-electron chi connectivity index (χ4n) is 3.27. The Morgan fingerprint density at radius 3 is 2.15 bits per heavy atom. The number of nitrogens with zero attached hydrogens (tertiary/aromatic N) is 2. The molecule has 8 heteroatoms. The first-order valence-corrected chi connectivity index (χ1v) is 11.0. The second-order valence-corrected chi connectivity index (χ2v) is 7.03. The van der Waals surface area contributed by atoms with Crippen LogP contribution in [0.3, 0.4) is 0 Å². The number of benzene rings is 2. The predicted octanol–water partition coefficient (Wildman–Crippen LogP) is 3.54. The molecule has 33 heavy (non-hydrogen) atoms. The zero-order chi connectivity index (χ0) is 23.6. The highest BCUT2D eigenvalue weighted by molar-refractivity contribution is 5.95. The van der Waals surface area contributed by atoms with Gasteiger partial charge in [-0.15, -0.1) is 0 Å². The Bertz CT molecular complexity index is 1100. The van der Waals surface area contributed by atoms with E-state index in [4.69, 9.17) is 14.2 Å². The maximum absolute atomic E-state index is 12.8. The van der Waals surface area contributed by atoms with Crippen LogP contribution >= 0.6 is 0 Å². The van der Waals surface area contributed by atoms with Gasteiger partial charge in [-0.1, -0.05) is 30.3 Å². The summed E-state index contributed by atoms with van der Waals surface area (Å²) in [6.45, 7) is 7.42. The van der Waals surface area contributed by atoms with Crippen molar-refractivity contribution in [2.45, 2.75) is 27.3 Å². The monoisotopic (exact) mass is 451 g/mol. The lowest BCUT2D eigenvalue weighted by molar-refractivity contribution is 0.0951. The Morgan fingerprint density at radius 1 is 0.939 bits per heavy atom. The average Bonchev–Trinajstić information content (AvgIpc) is 2.82. The van der Waals surface area contributed by atoms with Crippen molar-refractivity contribution in [2.24, 2.45) is 0 Å². The number of rotatable bonds is 11. The van der Waals surface area contributed by atoms with Crippen LogP contribution in [0.15, 0.2) is 59.7 Å². The van der Waals surface area contributed by atoms with Crippen LogP contribution in [-0.2, 0) is 6.54 Å². The zero-order valence-electron chi connectivity index (χ0n) is 19.2. The fourth-order valence-corrected chi connectivity index (χ4v) is 3.27. The minimum Gasteiger partial charge on any atom is -0.490 e. The molecule has 0 aliphatic heterocycles. The van der Waals surface area contributed by atoms with Crippen LogP contribution in [0.25, 0.3) is 11.3 Å². The van der Waals surface area contributed by atoms with Crippen molar-refractivity contribution in [3.63, 3.8) is 0 Å². The van der Waals surface area contributed by atoms with Gasteiger partial charge in [0.25, 0.3) is 11.5 Å². The van der Waals surface area contributed by atoms with Gasteiger partial charge in [-0.05, 0) is 32.9 Å². The summed E-state index contributed by atoms with van der Waals surface area (Å²) in [5.41, 5.74) is 1.69. The van der Waals surface area contributed by atoms with Crippen LogP contribution in [0.1, 0.15) is 31.1 Å². The molecule has 0 aliphatic rings. The van der Waals surface area contributed by atoms with E-state index < -0.39 is 0 Å². The zero-order valence-corrected chi connectivity index (χ0v) is 19.2. The molecule has 0 saturated heterocycles. The number of hydrogen-bond donors (Lipinski definition) is 1. The Labute approximate surface area is 193 Å². The average molecular weight is 452 g/mol. The van der Waals surface area contributed by atoms with Gasteiger partial charge in [-0.25, -0.2) is 4.98 Å². The van der Waals surface area contributed by atoms with E-state index in [9.17, 15) is 9.59 Å². The molecule has 1 amide bonds. The highest BCUT2D eigenvalue weighted by Gasteiger charge is 2.18. The van der Waals surface area contributed by atoms with Gasteiger partial charge in [0.2, 0.25) is 5.75 Å². The summed E-state index contributed by atoms with van der Waals surface area (Å²) in [6.07, 6.45) is 1.49. The van der Waals surface area contributed by atoms with E-state index >= 15 is 0 Å². The van der Waals surface area contributed by atoms with E-state index in [2.05, 4.69) is 10.3 Å². The van der Waals surface area contributed by atoms with Crippen molar-refractivity contribution in [1.82, 2.24) is 14.9 Å². The van der Waals surface area contributed by atoms with E-state index in [0.29, 0.717) is 54.9 Å². The lowest BCUT2D eigenvalue weighted by Crippen LogP contribution is -2.30. The number of carbonyl (C=O) groups excluding carboxylic acids is 1. The number of aromatic nitrogens is 2. The normalized spacial score (nSPS) is 10.5. The maximum atomic E-state index is 12.8. The third-order valence-corrected chi connectivity index (χ3v) is 4.76. The van der Waals surface area contributed by atoms with Crippen molar-refractivity contribution in [2.75, 3.05) is 26.4 Å². The van der Waals surface area contributed by atoms with Gasteiger partial charge in [-0.2, -0.15) is 0 Å². The fraction of sp³-hybridized carbons (Fsp3) is 0.320. The van der Waals surface area contributed by atoms with Gasteiger partial charge >= 0.3 is 0 Å². The summed E-state index contributed by atoms with van der Waals surface area (Å²) in [7, 11) is 0. The SMILES string of the molecule is CCOc1cc(C(=O)NCCn2cnc(-c3ccccc3)cc2=O)cc(OCC)c1OCC. The van der Waals surface area contributed by atoms with E-state index in [0.717, 1.165) is 5.56 Å². The number of amides is 1. The van der Waals surface area contributed by atoms with E-state index in [1.54, 1.807) is 12.1 Å². The molecule has 0 radical (unpaired) electrons. The van der Waals surface area contributed by atoms with Crippen molar-refractivity contribution in [3.8, 4) is 28.5 Å². The van der Waals surface area contributed by atoms with Gasteiger partial charge in [0.15, 0.2) is 11.5 Å². The van der Waals surface area contributed by atoms with Crippen molar-refractivity contribution in [3.05, 3.63) is 70.8 Å². The first-order chi connectivity index (χ1) is 16.1. The molecule has 3 rings (SSSR count). The number of ether oxygens (including phenoxy) is 3. The molecule has 3 aromatic rings. The van der Waals surface area contributed by atoms with Gasteiger partial charge in [-0.3, -0.25) is 14.2 Å². The molecule has 1 aromatic heterocycles. The van der Waals surface area contributed by atoms with Crippen LogP contribution in [0, 0.1) is 0 Å². The molecular weight excluding hydrogens is 422 g/mol. The third kappa shape index (κ3) is 6.12. The summed E-state index contributed by atoms with van der Waals surface area (Å²) < 4.78 is 18.5. The topological polar surface area (TPSA) is 91.7 Å². The second-order valence-electron chi connectivity index (χ2n) is 7.03. The third-order valence-electron chi connectivity index (χ3n) is 4.76. The van der Waals surface area contributed by atoms with Gasteiger partial charge in [0.05, 0.1) is 31.8 Å². The van der Waals surface area contributed by atoms with E-state index in [1.807, 2.05) is 51.1 Å². The molecule has 174 valence electrons. The Balaban J connectivity index is 1.70. The highest BCUT2D eigenvalue weighted by Crippen LogP contribution is 2.39. The Hall–Kier alpha value is -3.81. The first kappa shape index (κ1) is 23.8. The van der Waals surface area contributed by atoms with Crippen molar-refractivity contribution in [1.29, 1.82) is 0 Å². The molecule has 2 aromatic carbocycles. The van der Waals surface area contributed by atoms with Crippen LogP contribution in [-0.4, -0.2) is 41.8 Å². The molecule has 0 fully saturated rings. The quantitative estimate of drug-likeness (QED) is 0.480. The molecule has 8 nitrogen and oxygen atoms in total. The summed E-state index contributed by atoms with van der Waals surface area (Å²) in [5, 5.41) is 2.83. The smallest absolute Gasteiger partial charge is 0.253 e. The molecule has 0 unspecified atom stereocenters. The van der Waals surface area contributed by atoms with Crippen LogP contribution in [0.2, 0.25) is 0 Å². The summed E-state index contributed by atoms with van der Waals surface area (Å²) >= 11 is 0. The largest absolute Gasteiger partial charge is 0.490 e. The number of nitrogens with one attached hydrogen (secondary N) is 1. The molecule has 0 spiro atoms. The number of hydrogen-bond acceptors (Lipinski definition) is 6. The second kappa shape index (κ2) is 11.7. The minimum absolute atomic E-state index is 0.184. The molecule has 1 N–H and O–H groups in total. The number of carbonyl (C=O) groups is 1. The molecule has 0 atom stereocenters. The van der Waals surface area contributed by atoms with Gasteiger partial charge in [0, 0.05) is 30.3 Å². The van der Waals surface area contributed by atoms with Crippen molar-refractivity contribution < 1.29 is 19.0 Å². The maximum Gasteiger partial charge on any atom is 0.253 e. The Kier molecular flexibility index (Phi) is 8.46. The molecule has 0 saturated carbocycles. The highest BCUT2D eigenvalue weighted by atomic mass is 16.5. The van der Waals surface area contributed by atoms with Gasteiger partial charge in [0.1, 0.15) is 0 Å². The molecule has 0 aliphatic carbocycles. The summed E-state index contributed by atoms with van der Waals surface area (Å²) in [5.74, 6) is 1.08. The minimum atomic E-state index is -0.304. The first-order valence-electron chi connectivity index (χ1n) is 11.0. The lowest BCUT2D eigenvalue weighted by atomic mass is 10.1. The summed E-state index contributed by atoms with van der Waals surface area (Å²) in [4.78, 5) is 29.6.